The summed E-state index contributed by atoms with van der Waals surface area (Å²) in [7, 11) is 1.41. The van der Waals surface area contributed by atoms with Crippen molar-refractivity contribution in [1.29, 1.82) is 5.26 Å². The van der Waals surface area contributed by atoms with Crippen LogP contribution >= 0.6 is 0 Å². The van der Waals surface area contributed by atoms with Crippen molar-refractivity contribution in [3.63, 3.8) is 0 Å². The van der Waals surface area contributed by atoms with E-state index in [2.05, 4.69) is 15.1 Å². The van der Waals surface area contributed by atoms with Gasteiger partial charge in [-0.15, -0.1) is 4.99 Å². The van der Waals surface area contributed by atoms with E-state index < -0.39 is 11.8 Å². The van der Waals surface area contributed by atoms with Gasteiger partial charge in [-0.2, -0.15) is 15.0 Å². The van der Waals surface area contributed by atoms with Crippen LogP contribution in [0.1, 0.15) is 34.6 Å². The molecule has 8 nitrogen and oxygen atoms in total. The molecule has 0 saturated carbocycles. The molecule has 120 valence electrons. The summed E-state index contributed by atoms with van der Waals surface area (Å²) in [4.78, 5) is 33.4. The molecule has 0 spiro atoms. The predicted octanol–water partition coefficient (Wildman–Crippen LogP) is 0.673. The second-order valence-electron chi connectivity index (χ2n) is 5.53. The lowest BCUT2D eigenvalue weighted by atomic mass is 9.99. The van der Waals surface area contributed by atoms with Crippen LogP contribution in [0.2, 0.25) is 0 Å². The van der Waals surface area contributed by atoms with E-state index in [1.54, 1.807) is 25.2 Å². The Morgan fingerprint density at radius 2 is 1.92 bits per heavy atom. The number of hydrogen-bond acceptors (Lipinski definition) is 6. The van der Waals surface area contributed by atoms with Gasteiger partial charge in [-0.3, -0.25) is 14.5 Å². The van der Waals surface area contributed by atoms with E-state index in [0.717, 1.165) is 10.5 Å². The fraction of sp³-hybridized carbons (Fsp3) is 0.250. The van der Waals surface area contributed by atoms with Crippen LogP contribution in [0.4, 0.5) is 0 Å². The van der Waals surface area contributed by atoms with Crippen LogP contribution in [0.3, 0.4) is 0 Å². The molecular weight excluding hydrogens is 308 g/mol. The molecule has 3 rings (SSSR count). The Morgan fingerprint density at radius 1 is 1.25 bits per heavy atom. The molecule has 0 radical (unpaired) electrons. The maximum absolute atomic E-state index is 12.4. The van der Waals surface area contributed by atoms with Crippen molar-refractivity contribution in [3.8, 4) is 11.9 Å². The number of fused-ring (bicyclic) bond motifs is 1. The van der Waals surface area contributed by atoms with Gasteiger partial charge in [0.2, 0.25) is 12.1 Å². The molecule has 1 aliphatic rings. The van der Waals surface area contributed by atoms with Gasteiger partial charge in [0.25, 0.3) is 11.5 Å². The minimum atomic E-state index is -0.629. The van der Waals surface area contributed by atoms with E-state index in [1.807, 2.05) is 19.1 Å². The zero-order valence-electron chi connectivity index (χ0n) is 13.4. The van der Waals surface area contributed by atoms with Crippen molar-refractivity contribution in [2.75, 3.05) is 7.05 Å². The summed E-state index contributed by atoms with van der Waals surface area (Å²) in [6.07, 6.45) is 1.68. The summed E-state index contributed by atoms with van der Waals surface area (Å²) < 4.78 is 1.33. The van der Waals surface area contributed by atoms with E-state index >= 15 is 0 Å². The van der Waals surface area contributed by atoms with Gasteiger partial charge >= 0.3 is 0 Å². The third-order valence-corrected chi connectivity index (χ3v) is 3.90. The number of hydrogen-bond donors (Lipinski definition) is 0. The number of aryl methyl sites for hydroxylation is 1. The molecule has 1 aliphatic heterocycles. The van der Waals surface area contributed by atoms with Crippen molar-refractivity contribution in [2.45, 2.75) is 19.8 Å². The normalized spacial score (nSPS) is 17.7. The second-order valence-corrected chi connectivity index (χ2v) is 5.53. The average molecular weight is 322 g/mol. The quantitative estimate of drug-likeness (QED) is 0.567. The van der Waals surface area contributed by atoms with Gasteiger partial charge in [0, 0.05) is 7.05 Å². The monoisotopic (exact) mass is 322 g/mol. The fourth-order valence-electron chi connectivity index (χ4n) is 2.50. The number of aromatic nitrogens is 3. The highest BCUT2D eigenvalue weighted by atomic mass is 16.2. The number of nitrogens with zero attached hydrogens (tertiary/aromatic N) is 6. The van der Waals surface area contributed by atoms with Gasteiger partial charge in [-0.05, 0) is 26.0 Å². The minimum Gasteiger partial charge on any atom is -0.280 e. The van der Waals surface area contributed by atoms with E-state index in [9.17, 15) is 9.59 Å². The zero-order valence-corrected chi connectivity index (χ0v) is 13.4. The van der Waals surface area contributed by atoms with Crippen molar-refractivity contribution in [1.82, 2.24) is 19.7 Å². The molecule has 2 heterocycles. The number of carbonyl (C=O) groups excluding carboxylic acids is 2. The first-order chi connectivity index (χ1) is 11.4. The number of nitriles is 1. The highest BCUT2D eigenvalue weighted by Gasteiger charge is 2.37. The lowest BCUT2D eigenvalue weighted by Crippen LogP contribution is -2.45. The summed E-state index contributed by atoms with van der Waals surface area (Å²) in [5.41, 5.74) is 2.02. The van der Waals surface area contributed by atoms with Crippen LogP contribution in [-0.2, 0) is 4.79 Å². The molecule has 24 heavy (non-hydrogen) atoms. The molecule has 0 N–H and O–H groups in total. The molecular formula is C16H14N6O2. The van der Waals surface area contributed by atoms with Crippen LogP contribution in [0, 0.1) is 18.4 Å². The summed E-state index contributed by atoms with van der Waals surface area (Å²) in [5, 5.41) is 13.2. The summed E-state index contributed by atoms with van der Waals surface area (Å²) in [6.45, 7) is 3.59. The standard InChI is InChI=1S/C16H14N6O2/c1-9-4-6-11(7-5-9)22-16(18-8-17)19-12-10(2)14(23)21(3)15(24)13(12)20-22/h4-7,10H,1-3H3. The van der Waals surface area contributed by atoms with Gasteiger partial charge in [0.1, 0.15) is 0 Å². The number of rotatable bonds is 1. The van der Waals surface area contributed by atoms with Gasteiger partial charge in [-0.25, -0.2) is 4.98 Å². The number of likely N-dealkylation sites (N-methyl/N-ethyl adjacent to an activating group) is 1. The van der Waals surface area contributed by atoms with Gasteiger partial charge in [-0.1, -0.05) is 17.7 Å². The van der Waals surface area contributed by atoms with E-state index in [1.165, 1.54) is 11.7 Å². The summed E-state index contributed by atoms with van der Waals surface area (Å²) in [5.74, 6) is -1.52. The first-order valence-corrected chi connectivity index (χ1v) is 7.27. The zero-order chi connectivity index (χ0) is 17.4. The van der Waals surface area contributed by atoms with Crippen LogP contribution in [0.15, 0.2) is 29.3 Å². The third kappa shape index (κ3) is 2.36. The Kier molecular flexibility index (Phi) is 3.69. The largest absolute Gasteiger partial charge is 0.282 e. The third-order valence-electron chi connectivity index (χ3n) is 3.90. The predicted molar refractivity (Wildman–Crippen MR) is 82.8 cm³/mol. The Balaban J connectivity index is 2.31. The van der Waals surface area contributed by atoms with E-state index in [4.69, 9.17) is 5.26 Å². The topological polar surface area (TPSA) is 104 Å². The summed E-state index contributed by atoms with van der Waals surface area (Å²) in [6, 6.07) is 7.33. The molecule has 1 aromatic carbocycles. The van der Waals surface area contributed by atoms with Gasteiger partial charge < -0.3 is 0 Å². The highest BCUT2D eigenvalue weighted by Crippen LogP contribution is 2.24. The maximum atomic E-state index is 12.4. The van der Waals surface area contributed by atoms with Crippen molar-refractivity contribution >= 4 is 11.8 Å². The van der Waals surface area contributed by atoms with Crippen LogP contribution < -0.4 is 5.62 Å². The van der Waals surface area contributed by atoms with Gasteiger partial charge in [0.15, 0.2) is 5.69 Å². The SMILES string of the molecule is Cc1ccc(-n2nc3c(nc2=NC#N)C(C)C(=O)N(C)C3=O)cc1. The number of benzene rings is 1. The molecule has 0 saturated heterocycles. The molecule has 0 aliphatic carbocycles. The lowest BCUT2D eigenvalue weighted by Gasteiger charge is -2.26. The number of imide groups is 1. The van der Waals surface area contributed by atoms with Crippen LogP contribution in [0.25, 0.3) is 5.69 Å². The minimum absolute atomic E-state index is 0.0251. The van der Waals surface area contributed by atoms with Crippen LogP contribution in [0.5, 0.6) is 0 Å². The molecule has 1 unspecified atom stereocenters. The fourth-order valence-corrected chi connectivity index (χ4v) is 2.50. The smallest absolute Gasteiger partial charge is 0.280 e. The van der Waals surface area contributed by atoms with Crippen molar-refractivity contribution in [2.24, 2.45) is 4.99 Å². The molecule has 1 aromatic heterocycles. The second kappa shape index (κ2) is 5.70. The molecule has 2 aromatic rings. The first-order valence-electron chi connectivity index (χ1n) is 7.27. The Labute approximate surface area is 137 Å². The van der Waals surface area contributed by atoms with Gasteiger partial charge in [0.05, 0.1) is 17.3 Å². The Hall–Kier alpha value is -3.34. The number of carbonyl (C=O) groups is 2. The molecule has 0 bridgehead atoms. The lowest BCUT2D eigenvalue weighted by molar-refractivity contribution is -0.129. The molecule has 2 amide bonds. The average Bonchev–Trinajstić information content (AvgIpc) is 2.59. The van der Waals surface area contributed by atoms with Crippen LogP contribution in [-0.4, -0.2) is 38.5 Å². The first kappa shape index (κ1) is 15.6. The highest BCUT2D eigenvalue weighted by molar-refractivity contribution is 6.09. The summed E-state index contributed by atoms with van der Waals surface area (Å²) >= 11 is 0. The molecule has 8 heteroatoms. The Morgan fingerprint density at radius 3 is 2.54 bits per heavy atom. The van der Waals surface area contributed by atoms with E-state index in [0.29, 0.717) is 5.69 Å². The van der Waals surface area contributed by atoms with Crippen molar-refractivity contribution in [3.05, 3.63) is 46.8 Å². The maximum Gasteiger partial charge on any atom is 0.282 e. The number of amides is 2. The Bertz CT molecular complexity index is 952. The molecule has 0 fully saturated rings. The van der Waals surface area contributed by atoms with E-state index in [-0.39, 0.29) is 22.9 Å². The van der Waals surface area contributed by atoms with Crippen molar-refractivity contribution < 1.29 is 9.59 Å². The molecule has 1 atom stereocenters.